The van der Waals surface area contributed by atoms with Crippen molar-refractivity contribution < 1.29 is 13.2 Å². The van der Waals surface area contributed by atoms with E-state index in [1.165, 1.54) is 31.2 Å². The van der Waals surface area contributed by atoms with Crippen LogP contribution in [0.5, 0.6) is 0 Å². The molecular weight excluding hydrogens is 388 g/mol. The number of halogens is 3. The molecule has 0 amide bonds. The Labute approximate surface area is 172 Å². The lowest BCUT2D eigenvalue weighted by Gasteiger charge is -2.26. The SMILES string of the molecule is CC1CCC(c2ccc(-c3ccc(-c4cc(F)c(F)c(F)c4)c(P)c3)cc2)CC1. The Kier molecular flexibility index (Phi) is 5.79. The molecule has 0 nitrogen and oxygen atoms in total. The lowest BCUT2D eigenvalue weighted by atomic mass is 9.79. The van der Waals surface area contributed by atoms with E-state index >= 15 is 0 Å². The molecule has 1 aliphatic carbocycles. The van der Waals surface area contributed by atoms with Gasteiger partial charge in [0.05, 0.1) is 0 Å². The lowest BCUT2D eigenvalue weighted by Crippen LogP contribution is -2.10. The van der Waals surface area contributed by atoms with E-state index in [1.54, 1.807) is 0 Å². The fourth-order valence-corrected chi connectivity index (χ4v) is 4.70. The molecule has 4 rings (SSSR count). The Morgan fingerprint density at radius 1 is 0.724 bits per heavy atom. The second-order valence-electron chi connectivity index (χ2n) is 8.13. The summed E-state index contributed by atoms with van der Waals surface area (Å²) in [5, 5.41) is 0.804. The fourth-order valence-electron chi connectivity index (χ4n) is 4.26. The van der Waals surface area contributed by atoms with Crippen LogP contribution in [0.2, 0.25) is 0 Å². The molecule has 0 heterocycles. The summed E-state index contributed by atoms with van der Waals surface area (Å²) in [5.41, 5.74) is 4.51. The molecule has 150 valence electrons. The van der Waals surface area contributed by atoms with E-state index in [0.29, 0.717) is 17.0 Å². The zero-order chi connectivity index (χ0) is 20.5. The van der Waals surface area contributed by atoms with Crippen molar-refractivity contribution in [3.8, 4) is 22.3 Å². The molecule has 1 fully saturated rings. The topological polar surface area (TPSA) is 0 Å². The fraction of sp³-hybridized carbons (Fsp3) is 0.280. The van der Waals surface area contributed by atoms with Gasteiger partial charge in [-0.1, -0.05) is 56.2 Å². The van der Waals surface area contributed by atoms with E-state index < -0.39 is 17.5 Å². The number of hydrogen-bond donors (Lipinski definition) is 0. The van der Waals surface area contributed by atoms with Gasteiger partial charge in [-0.2, -0.15) is 0 Å². The molecule has 3 aromatic carbocycles. The summed E-state index contributed by atoms with van der Waals surface area (Å²) in [6, 6.07) is 16.5. The van der Waals surface area contributed by atoms with Crippen LogP contribution in [0.1, 0.15) is 44.1 Å². The highest BCUT2D eigenvalue weighted by molar-refractivity contribution is 7.28. The van der Waals surface area contributed by atoms with Crippen LogP contribution >= 0.6 is 9.24 Å². The van der Waals surface area contributed by atoms with Gasteiger partial charge in [0.2, 0.25) is 0 Å². The minimum atomic E-state index is -1.44. The van der Waals surface area contributed by atoms with Crippen molar-refractivity contribution in [3.05, 3.63) is 77.6 Å². The predicted molar refractivity (Wildman–Crippen MR) is 117 cm³/mol. The van der Waals surface area contributed by atoms with Crippen LogP contribution in [-0.4, -0.2) is 0 Å². The summed E-state index contributed by atoms with van der Waals surface area (Å²) < 4.78 is 40.4. The van der Waals surface area contributed by atoms with Gasteiger partial charge in [0.15, 0.2) is 17.5 Å². The first kappa shape index (κ1) is 20.2. The van der Waals surface area contributed by atoms with Crippen molar-refractivity contribution in [1.82, 2.24) is 0 Å². The molecule has 1 atom stereocenters. The van der Waals surface area contributed by atoms with Crippen molar-refractivity contribution in [1.29, 1.82) is 0 Å². The van der Waals surface area contributed by atoms with E-state index in [-0.39, 0.29) is 0 Å². The van der Waals surface area contributed by atoms with Gasteiger partial charge in [0.25, 0.3) is 0 Å². The van der Waals surface area contributed by atoms with E-state index in [1.807, 2.05) is 18.2 Å². The van der Waals surface area contributed by atoms with Gasteiger partial charge >= 0.3 is 0 Å². The Bertz CT molecular complexity index is 996. The normalized spacial score (nSPS) is 19.3. The second-order valence-corrected chi connectivity index (χ2v) is 8.76. The third-order valence-corrected chi connectivity index (χ3v) is 6.56. The highest BCUT2D eigenvalue weighted by Crippen LogP contribution is 2.36. The van der Waals surface area contributed by atoms with Crippen LogP contribution in [0.25, 0.3) is 22.3 Å². The molecule has 1 saturated carbocycles. The molecule has 3 aromatic rings. The van der Waals surface area contributed by atoms with Gasteiger partial charge in [-0.25, -0.2) is 13.2 Å². The van der Waals surface area contributed by atoms with Crippen LogP contribution in [-0.2, 0) is 0 Å². The molecule has 1 aliphatic rings. The first-order chi connectivity index (χ1) is 13.9. The second kappa shape index (κ2) is 8.32. The van der Waals surface area contributed by atoms with Crippen molar-refractivity contribution in [2.24, 2.45) is 5.92 Å². The minimum Gasteiger partial charge on any atom is -0.204 e. The molecule has 0 radical (unpaired) electrons. The van der Waals surface area contributed by atoms with Crippen LogP contribution in [0.15, 0.2) is 54.6 Å². The molecule has 4 heteroatoms. The van der Waals surface area contributed by atoms with E-state index in [9.17, 15) is 13.2 Å². The smallest absolute Gasteiger partial charge is 0.194 e. The van der Waals surface area contributed by atoms with E-state index in [4.69, 9.17) is 0 Å². The van der Waals surface area contributed by atoms with Crippen LogP contribution < -0.4 is 5.30 Å². The summed E-state index contributed by atoms with van der Waals surface area (Å²) in [4.78, 5) is 0. The van der Waals surface area contributed by atoms with Crippen LogP contribution in [0, 0.1) is 23.4 Å². The summed E-state index contributed by atoms with van der Waals surface area (Å²) in [6.45, 7) is 2.33. The Morgan fingerprint density at radius 3 is 1.90 bits per heavy atom. The van der Waals surface area contributed by atoms with Gasteiger partial charge < -0.3 is 0 Å². The summed E-state index contributed by atoms with van der Waals surface area (Å²) in [5.74, 6) is -2.30. The molecule has 0 saturated heterocycles. The lowest BCUT2D eigenvalue weighted by molar-refractivity contribution is 0.348. The number of rotatable bonds is 3. The third-order valence-electron chi connectivity index (χ3n) is 6.08. The maximum Gasteiger partial charge on any atom is 0.194 e. The molecular formula is C25H24F3P. The largest absolute Gasteiger partial charge is 0.204 e. The number of benzene rings is 3. The van der Waals surface area contributed by atoms with Crippen LogP contribution in [0.3, 0.4) is 0 Å². The first-order valence-corrected chi connectivity index (χ1v) is 10.6. The maximum absolute atomic E-state index is 13.6. The average molecular weight is 412 g/mol. The van der Waals surface area contributed by atoms with Crippen molar-refractivity contribution in [2.45, 2.75) is 38.5 Å². The third kappa shape index (κ3) is 4.26. The average Bonchev–Trinajstić information content (AvgIpc) is 2.72. The Balaban J connectivity index is 1.58. The Hall–Kier alpha value is -2.12. The summed E-state index contributed by atoms with van der Waals surface area (Å²) >= 11 is 0. The van der Waals surface area contributed by atoms with Crippen molar-refractivity contribution in [2.75, 3.05) is 0 Å². The summed E-state index contributed by atoms with van der Waals surface area (Å²) in [7, 11) is 2.61. The van der Waals surface area contributed by atoms with Crippen molar-refractivity contribution >= 4 is 14.5 Å². The maximum atomic E-state index is 13.6. The molecule has 0 bridgehead atoms. The number of hydrogen-bond acceptors (Lipinski definition) is 0. The van der Waals surface area contributed by atoms with Gasteiger partial charge in [-0.15, -0.1) is 9.24 Å². The zero-order valence-electron chi connectivity index (χ0n) is 16.4. The molecule has 0 aliphatic heterocycles. The first-order valence-electron chi connectivity index (χ1n) is 10.1. The van der Waals surface area contributed by atoms with Gasteiger partial charge in [-0.3, -0.25) is 0 Å². The molecule has 1 unspecified atom stereocenters. The highest BCUT2D eigenvalue weighted by Gasteiger charge is 2.19. The molecule has 29 heavy (non-hydrogen) atoms. The minimum absolute atomic E-state index is 0.319. The molecule has 0 aromatic heterocycles. The van der Waals surface area contributed by atoms with E-state index in [2.05, 4.69) is 40.4 Å². The van der Waals surface area contributed by atoms with Crippen LogP contribution in [0.4, 0.5) is 13.2 Å². The van der Waals surface area contributed by atoms with Gasteiger partial charge in [0.1, 0.15) is 0 Å². The zero-order valence-corrected chi connectivity index (χ0v) is 17.5. The predicted octanol–water partition coefficient (Wildman–Crippen LogP) is 7.23. The molecule has 0 N–H and O–H groups in total. The quantitative estimate of drug-likeness (QED) is 0.314. The standard InChI is InChI=1S/C25H24F3P/c1-15-2-4-16(5-3-15)17-6-8-18(9-7-17)19-10-11-21(24(29)14-19)20-12-22(26)25(28)23(27)13-20/h6-16H,2-5,29H2,1H3. The van der Waals surface area contributed by atoms with Crippen molar-refractivity contribution in [3.63, 3.8) is 0 Å². The summed E-state index contributed by atoms with van der Waals surface area (Å²) in [6.07, 6.45) is 5.12. The Morgan fingerprint density at radius 2 is 1.31 bits per heavy atom. The molecule has 0 spiro atoms. The highest BCUT2D eigenvalue weighted by atomic mass is 31.0. The van der Waals surface area contributed by atoms with Gasteiger partial charge in [0, 0.05) is 0 Å². The van der Waals surface area contributed by atoms with Gasteiger partial charge in [-0.05, 0) is 76.0 Å². The van der Waals surface area contributed by atoms with E-state index in [0.717, 1.165) is 34.5 Å². The monoisotopic (exact) mass is 412 g/mol.